The lowest BCUT2D eigenvalue weighted by atomic mass is 9.96. The van der Waals surface area contributed by atoms with Gasteiger partial charge in [0.05, 0.1) is 6.10 Å². The van der Waals surface area contributed by atoms with Crippen LogP contribution in [0, 0.1) is 11.8 Å². The summed E-state index contributed by atoms with van der Waals surface area (Å²) < 4.78 is 0. The Hall–Kier alpha value is -0.300. The van der Waals surface area contributed by atoms with Crippen LogP contribution < -0.4 is 0 Å². The van der Waals surface area contributed by atoms with Gasteiger partial charge in [-0.15, -0.1) is 6.58 Å². The molecule has 0 fully saturated rings. The Kier molecular flexibility index (Phi) is 4.37. The Morgan fingerprint density at radius 2 is 1.90 bits per heavy atom. The number of hydrogen-bond acceptors (Lipinski definition) is 1. The predicted molar refractivity (Wildman–Crippen MR) is 44.8 cm³/mol. The highest BCUT2D eigenvalue weighted by molar-refractivity contribution is 4.78. The molecule has 1 N–H and O–H groups in total. The molecule has 0 saturated carbocycles. The van der Waals surface area contributed by atoms with Gasteiger partial charge in [0, 0.05) is 0 Å². The normalized spacial score (nSPS) is 16.9. The molecule has 2 atom stereocenters. The van der Waals surface area contributed by atoms with Crippen molar-refractivity contribution in [3.63, 3.8) is 0 Å². The van der Waals surface area contributed by atoms with Crippen molar-refractivity contribution in [2.45, 2.75) is 33.3 Å². The van der Waals surface area contributed by atoms with E-state index in [1.165, 1.54) is 0 Å². The van der Waals surface area contributed by atoms with Crippen molar-refractivity contribution in [3.05, 3.63) is 12.7 Å². The molecule has 0 amide bonds. The molecule has 0 rings (SSSR count). The molecule has 0 unspecified atom stereocenters. The minimum atomic E-state index is -0.173. The van der Waals surface area contributed by atoms with Gasteiger partial charge in [0.1, 0.15) is 0 Å². The van der Waals surface area contributed by atoms with E-state index in [2.05, 4.69) is 13.5 Å². The smallest absolute Gasteiger partial charge is 0.0568 e. The molecule has 10 heavy (non-hydrogen) atoms. The number of rotatable bonds is 4. The van der Waals surface area contributed by atoms with E-state index in [1.807, 2.05) is 19.9 Å². The predicted octanol–water partition coefficient (Wildman–Crippen LogP) is 2.22. The second kappa shape index (κ2) is 4.51. The molecular formula is C9H18O. The molecule has 0 spiro atoms. The van der Waals surface area contributed by atoms with Crippen LogP contribution in [0.4, 0.5) is 0 Å². The SMILES string of the molecule is C=C[C@@H](C)C[C@H](O)C(C)C. The van der Waals surface area contributed by atoms with Crippen LogP contribution in [0.2, 0.25) is 0 Å². The van der Waals surface area contributed by atoms with Crippen LogP contribution in [0.1, 0.15) is 27.2 Å². The standard InChI is InChI=1S/C9H18O/c1-5-8(4)6-9(10)7(2)3/h5,7-10H,1,6H2,2-4H3/t8-,9+/m1/s1. The summed E-state index contributed by atoms with van der Waals surface area (Å²) in [7, 11) is 0. The van der Waals surface area contributed by atoms with E-state index in [-0.39, 0.29) is 6.10 Å². The molecular weight excluding hydrogens is 124 g/mol. The van der Waals surface area contributed by atoms with E-state index in [1.54, 1.807) is 0 Å². The van der Waals surface area contributed by atoms with Gasteiger partial charge in [-0.1, -0.05) is 26.8 Å². The average molecular weight is 142 g/mol. The van der Waals surface area contributed by atoms with E-state index < -0.39 is 0 Å². The first-order valence-corrected chi connectivity index (χ1v) is 3.88. The van der Waals surface area contributed by atoms with Gasteiger partial charge >= 0.3 is 0 Å². The first-order chi connectivity index (χ1) is 4.57. The van der Waals surface area contributed by atoms with Gasteiger partial charge in [-0.05, 0) is 18.3 Å². The van der Waals surface area contributed by atoms with Crippen molar-refractivity contribution in [3.8, 4) is 0 Å². The molecule has 0 saturated heterocycles. The van der Waals surface area contributed by atoms with Crippen molar-refractivity contribution in [2.24, 2.45) is 11.8 Å². The van der Waals surface area contributed by atoms with Crippen LogP contribution >= 0.6 is 0 Å². The fourth-order valence-electron chi connectivity index (χ4n) is 0.749. The van der Waals surface area contributed by atoms with Crippen LogP contribution in [0.5, 0.6) is 0 Å². The average Bonchev–Trinajstić information content (AvgIpc) is 1.87. The molecule has 0 aromatic carbocycles. The second-order valence-electron chi connectivity index (χ2n) is 3.26. The number of aliphatic hydroxyl groups excluding tert-OH is 1. The maximum absolute atomic E-state index is 9.38. The maximum Gasteiger partial charge on any atom is 0.0568 e. The van der Waals surface area contributed by atoms with Gasteiger partial charge in [0.25, 0.3) is 0 Å². The number of hydrogen-bond donors (Lipinski definition) is 1. The molecule has 0 bridgehead atoms. The second-order valence-corrected chi connectivity index (χ2v) is 3.26. The highest BCUT2D eigenvalue weighted by Gasteiger charge is 2.10. The van der Waals surface area contributed by atoms with E-state index in [0.717, 1.165) is 6.42 Å². The van der Waals surface area contributed by atoms with Gasteiger partial charge in [0.2, 0.25) is 0 Å². The first-order valence-electron chi connectivity index (χ1n) is 3.88. The summed E-state index contributed by atoms with van der Waals surface area (Å²) in [6.07, 6.45) is 2.54. The van der Waals surface area contributed by atoms with Crippen LogP contribution in [0.3, 0.4) is 0 Å². The van der Waals surface area contributed by atoms with Crippen molar-refractivity contribution >= 4 is 0 Å². The molecule has 0 aliphatic carbocycles. The topological polar surface area (TPSA) is 20.2 Å². The van der Waals surface area contributed by atoms with Crippen LogP contribution in [-0.4, -0.2) is 11.2 Å². The summed E-state index contributed by atoms with van der Waals surface area (Å²) in [6, 6.07) is 0. The Bertz CT molecular complexity index is 96.9. The molecule has 1 heteroatoms. The zero-order chi connectivity index (χ0) is 8.15. The van der Waals surface area contributed by atoms with Crippen molar-refractivity contribution in [2.75, 3.05) is 0 Å². The molecule has 60 valence electrons. The Balaban J connectivity index is 3.56. The molecule has 0 aromatic heterocycles. The molecule has 0 aromatic rings. The molecule has 0 radical (unpaired) electrons. The summed E-state index contributed by atoms with van der Waals surface area (Å²) >= 11 is 0. The van der Waals surface area contributed by atoms with Crippen molar-refractivity contribution in [1.82, 2.24) is 0 Å². The van der Waals surface area contributed by atoms with Crippen molar-refractivity contribution < 1.29 is 5.11 Å². The van der Waals surface area contributed by atoms with E-state index >= 15 is 0 Å². The van der Waals surface area contributed by atoms with E-state index in [4.69, 9.17) is 0 Å². The van der Waals surface area contributed by atoms with Gasteiger partial charge in [-0.2, -0.15) is 0 Å². The summed E-state index contributed by atoms with van der Waals surface area (Å²) in [5.41, 5.74) is 0. The summed E-state index contributed by atoms with van der Waals surface area (Å²) in [5, 5.41) is 9.38. The molecule has 0 aliphatic heterocycles. The molecule has 0 heterocycles. The zero-order valence-electron chi connectivity index (χ0n) is 7.17. The van der Waals surface area contributed by atoms with Crippen LogP contribution in [0.25, 0.3) is 0 Å². The van der Waals surface area contributed by atoms with E-state index in [9.17, 15) is 5.11 Å². The third-order valence-corrected chi connectivity index (χ3v) is 1.79. The first kappa shape index (κ1) is 9.70. The third kappa shape index (κ3) is 3.67. The van der Waals surface area contributed by atoms with Crippen LogP contribution in [-0.2, 0) is 0 Å². The minimum Gasteiger partial charge on any atom is -0.393 e. The Labute approximate surface area is 63.8 Å². The van der Waals surface area contributed by atoms with Gasteiger partial charge in [-0.25, -0.2) is 0 Å². The van der Waals surface area contributed by atoms with Gasteiger partial charge in [-0.3, -0.25) is 0 Å². The molecule has 1 nitrogen and oxygen atoms in total. The lowest BCUT2D eigenvalue weighted by molar-refractivity contribution is 0.106. The largest absolute Gasteiger partial charge is 0.393 e. The zero-order valence-corrected chi connectivity index (χ0v) is 7.17. The Morgan fingerprint density at radius 1 is 1.40 bits per heavy atom. The monoisotopic (exact) mass is 142 g/mol. The summed E-state index contributed by atoms with van der Waals surface area (Å²) in [5.74, 6) is 0.791. The number of allylic oxidation sites excluding steroid dienone is 1. The Morgan fingerprint density at radius 3 is 2.20 bits per heavy atom. The van der Waals surface area contributed by atoms with E-state index in [0.29, 0.717) is 11.8 Å². The highest BCUT2D eigenvalue weighted by atomic mass is 16.3. The van der Waals surface area contributed by atoms with Gasteiger partial charge < -0.3 is 5.11 Å². The lowest BCUT2D eigenvalue weighted by Gasteiger charge is -2.16. The summed E-state index contributed by atoms with van der Waals surface area (Å²) in [4.78, 5) is 0. The molecule has 0 aliphatic rings. The van der Waals surface area contributed by atoms with Crippen molar-refractivity contribution in [1.29, 1.82) is 0 Å². The quantitative estimate of drug-likeness (QED) is 0.597. The summed E-state index contributed by atoms with van der Waals surface area (Å²) in [6.45, 7) is 9.79. The lowest BCUT2D eigenvalue weighted by Crippen LogP contribution is -2.17. The fourth-order valence-corrected chi connectivity index (χ4v) is 0.749. The minimum absolute atomic E-state index is 0.173. The number of aliphatic hydroxyl groups is 1. The maximum atomic E-state index is 9.38. The fraction of sp³-hybridized carbons (Fsp3) is 0.778. The van der Waals surface area contributed by atoms with Gasteiger partial charge in [0.15, 0.2) is 0 Å². The third-order valence-electron chi connectivity index (χ3n) is 1.79. The highest BCUT2D eigenvalue weighted by Crippen LogP contribution is 2.12. The van der Waals surface area contributed by atoms with Crippen LogP contribution in [0.15, 0.2) is 12.7 Å².